The van der Waals surface area contributed by atoms with Crippen LogP contribution in [0.15, 0.2) is 58.4 Å². The average Bonchev–Trinajstić information content (AvgIpc) is 3.24. The minimum absolute atomic E-state index is 0.121. The van der Waals surface area contributed by atoms with E-state index in [2.05, 4.69) is 38.6 Å². The highest BCUT2D eigenvalue weighted by atomic mass is 79.9. The van der Waals surface area contributed by atoms with Crippen LogP contribution in [-0.2, 0) is 0 Å². The van der Waals surface area contributed by atoms with Gasteiger partial charge in [-0.1, -0.05) is 53.4 Å². The zero-order chi connectivity index (χ0) is 20.2. The first kappa shape index (κ1) is 20.1. The first-order chi connectivity index (χ1) is 14.1. The van der Waals surface area contributed by atoms with Crippen molar-refractivity contribution in [3.05, 3.63) is 63.9 Å². The van der Waals surface area contributed by atoms with Crippen LogP contribution in [0.5, 0.6) is 0 Å². The molecule has 0 saturated heterocycles. The molecule has 1 aromatic heterocycles. The highest BCUT2D eigenvalue weighted by Gasteiger charge is 2.20. The van der Waals surface area contributed by atoms with Gasteiger partial charge in [0.2, 0.25) is 0 Å². The number of amides is 1. The van der Waals surface area contributed by atoms with E-state index in [0.717, 1.165) is 26.5 Å². The van der Waals surface area contributed by atoms with Gasteiger partial charge in [0.1, 0.15) is 0 Å². The highest BCUT2D eigenvalue weighted by Crippen LogP contribution is 2.31. The number of anilines is 2. The van der Waals surface area contributed by atoms with E-state index in [1.807, 2.05) is 42.5 Å². The fourth-order valence-corrected chi connectivity index (χ4v) is 5.01. The predicted molar refractivity (Wildman–Crippen MR) is 125 cm³/mol. The number of carbonyl (C=O) groups is 1. The van der Waals surface area contributed by atoms with Crippen molar-refractivity contribution < 1.29 is 4.79 Å². The van der Waals surface area contributed by atoms with Gasteiger partial charge in [-0.05, 0) is 43.2 Å². The van der Waals surface area contributed by atoms with Crippen LogP contribution in [0.4, 0.5) is 10.8 Å². The Morgan fingerprint density at radius 3 is 2.62 bits per heavy atom. The van der Waals surface area contributed by atoms with Gasteiger partial charge in [0, 0.05) is 39.8 Å². The van der Waals surface area contributed by atoms with Gasteiger partial charge in [0.05, 0.1) is 5.69 Å². The number of aromatic nitrogens is 1. The van der Waals surface area contributed by atoms with Gasteiger partial charge in [0.15, 0.2) is 5.13 Å². The quantitative estimate of drug-likeness (QED) is 0.457. The molecule has 4 rings (SSSR count). The van der Waals surface area contributed by atoms with Crippen molar-refractivity contribution in [2.24, 2.45) is 0 Å². The number of hydrogen-bond acceptors (Lipinski definition) is 4. The predicted octanol–water partition coefficient (Wildman–Crippen LogP) is 6.59. The van der Waals surface area contributed by atoms with E-state index in [9.17, 15) is 4.79 Å². The second kappa shape index (κ2) is 9.09. The van der Waals surface area contributed by atoms with Gasteiger partial charge in [0.25, 0.3) is 5.91 Å². The number of nitrogens with one attached hydrogen (secondary N) is 1. The summed E-state index contributed by atoms with van der Waals surface area (Å²) >= 11 is 5.10. The lowest BCUT2D eigenvalue weighted by Gasteiger charge is -2.30. The highest BCUT2D eigenvalue weighted by molar-refractivity contribution is 9.10. The Bertz CT molecular complexity index is 980. The van der Waals surface area contributed by atoms with Gasteiger partial charge in [-0.3, -0.25) is 4.79 Å². The van der Waals surface area contributed by atoms with Crippen LogP contribution in [0.2, 0.25) is 0 Å². The molecule has 2 aromatic carbocycles. The topological polar surface area (TPSA) is 45.2 Å². The Hall–Kier alpha value is -2.18. The van der Waals surface area contributed by atoms with Crippen molar-refractivity contribution in [1.29, 1.82) is 0 Å². The van der Waals surface area contributed by atoms with Gasteiger partial charge in [-0.25, -0.2) is 4.98 Å². The zero-order valence-electron chi connectivity index (χ0n) is 16.4. The summed E-state index contributed by atoms with van der Waals surface area (Å²) < 4.78 is 0.887. The second-order valence-electron chi connectivity index (χ2n) is 7.46. The molecule has 1 fully saturated rings. The molecule has 1 saturated carbocycles. The van der Waals surface area contributed by atoms with Crippen molar-refractivity contribution >= 4 is 44.0 Å². The minimum atomic E-state index is -0.121. The summed E-state index contributed by atoms with van der Waals surface area (Å²) in [4.78, 5) is 19.6. The van der Waals surface area contributed by atoms with Gasteiger partial charge in [-0.2, -0.15) is 0 Å². The average molecular weight is 470 g/mol. The zero-order valence-corrected chi connectivity index (χ0v) is 18.8. The molecule has 0 radical (unpaired) electrons. The molecule has 29 heavy (non-hydrogen) atoms. The summed E-state index contributed by atoms with van der Waals surface area (Å²) in [5.41, 5.74) is 3.44. The molecule has 1 N–H and O–H groups in total. The molecule has 1 heterocycles. The maximum Gasteiger partial charge on any atom is 0.255 e. The van der Waals surface area contributed by atoms with Gasteiger partial charge < -0.3 is 10.2 Å². The number of thiazole rings is 1. The van der Waals surface area contributed by atoms with Crippen molar-refractivity contribution in [3.63, 3.8) is 0 Å². The summed E-state index contributed by atoms with van der Waals surface area (Å²) in [5, 5.41) is 6.14. The van der Waals surface area contributed by atoms with E-state index in [1.165, 1.54) is 32.1 Å². The van der Waals surface area contributed by atoms with Crippen molar-refractivity contribution in [2.75, 3.05) is 17.3 Å². The third-order valence-corrected chi connectivity index (χ3v) is 6.87. The Kier molecular flexibility index (Phi) is 6.31. The Labute approximate surface area is 184 Å². The van der Waals surface area contributed by atoms with E-state index >= 15 is 0 Å². The smallest absolute Gasteiger partial charge is 0.255 e. The second-order valence-corrected chi connectivity index (χ2v) is 9.21. The SMILES string of the molecule is CN(c1nc(-c2ccc(NC(=O)c3cccc(Br)c3)cc2)cs1)C1CCCCC1. The summed E-state index contributed by atoms with van der Waals surface area (Å²) in [6, 6.07) is 15.8. The first-order valence-corrected chi connectivity index (χ1v) is 11.6. The molecule has 6 heteroatoms. The van der Waals surface area contributed by atoms with Gasteiger partial charge in [-0.15, -0.1) is 11.3 Å². The lowest BCUT2D eigenvalue weighted by Crippen LogP contribution is -2.33. The fourth-order valence-electron chi connectivity index (χ4n) is 3.74. The molecule has 3 aromatic rings. The van der Waals surface area contributed by atoms with Crippen LogP contribution in [0.25, 0.3) is 11.3 Å². The Balaban J connectivity index is 1.43. The van der Waals surface area contributed by atoms with Crippen molar-refractivity contribution in [3.8, 4) is 11.3 Å². The maximum absolute atomic E-state index is 12.4. The van der Waals surface area contributed by atoms with Crippen molar-refractivity contribution in [1.82, 2.24) is 4.98 Å². The molecule has 0 spiro atoms. The Morgan fingerprint density at radius 2 is 1.90 bits per heavy atom. The molecule has 0 bridgehead atoms. The van der Waals surface area contributed by atoms with Crippen LogP contribution in [0, 0.1) is 0 Å². The largest absolute Gasteiger partial charge is 0.348 e. The number of carbonyl (C=O) groups excluding carboxylic acids is 1. The summed E-state index contributed by atoms with van der Waals surface area (Å²) in [6.07, 6.45) is 6.52. The first-order valence-electron chi connectivity index (χ1n) is 9.96. The summed E-state index contributed by atoms with van der Waals surface area (Å²) in [5.74, 6) is -0.121. The minimum Gasteiger partial charge on any atom is -0.348 e. The molecule has 1 aliphatic rings. The maximum atomic E-state index is 12.4. The third-order valence-electron chi connectivity index (χ3n) is 5.44. The number of nitrogens with zero attached hydrogens (tertiary/aromatic N) is 2. The number of rotatable bonds is 5. The molecule has 4 nitrogen and oxygen atoms in total. The molecule has 150 valence electrons. The van der Waals surface area contributed by atoms with E-state index in [4.69, 9.17) is 4.98 Å². The standard InChI is InChI=1S/C23H24BrN3OS/c1-27(20-8-3-2-4-9-20)23-26-21(15-29-23)16-10-12-19(13-11-16)25-22(28)17-6-5-7-18(24)14-17/h5-7,10-15,20H,2-4,8-9H2,1H3,(H,25,28). The van der Waals surface area contributed by atoms with Gasteiger partial charge >= 0.3 is 0 Å². The fraction of sp³-hybridized carbons (Fsp3) is 0.304. The molecule has 0 unspecified atom stereocenters. The normalized spacial score (nSPS) is 14.6. The van der Waals surface area contributed by atoms with E-state index in [-0.39, 0.29) is 5.91 Å². The number of hydrogen-bond donors (Lipinski definition) is 1. The van der Waals surface area contributed by atoms with Crippen LogP contribution < -0.4 is 10.2 Å². The summed E-state index contributed by atoms with van der Waals surface area (Å²) in [7, 11) is 2.17. The number of benzene rings is 2. The monoisotopic (exact) mass is 469 g/mol. The molecule has 0 aliphatic heterocycles. The van der Waals surface area contributed by atoms with Crippen LogP contribution >= 0.6 is 27.3 Å². The van der Waals surface area contributed by atoms with Crippen LogP contribution in [-0.4, -0.2) is 24.0 Å². The van der Waals surface area contributed by atoms with Crippen LogP contribution in [0.3, 0.4) is 0 Å². The van der Waals surface area contributed by atoms with Crippen molar-refractivity contribution in [2.45, 2.75) is 38.1 Å². The lowest BCUT2D eigenvalue weighted by molar-refractivity contribution is 0.102. The Morgan fingerprint density at radius 1 is 1.14 bits per heavy atom. The molecule has 1 aliphatic carbocycles. The molecular formula is C23H24BrN3OS. The summed E-state index contributed by atoms with van der Waals surface area (Å²) in [6.45, 7) is 0. The molecular weight excluding hydrogens is 446 g/mol. The van der Waals surface area contributed by atoms with E-state index in [0.29, 0.717) is 11.6 Å². The lowest BCUT2D eigenvalue weighted by atomic mass is 9.95. The van der Waals surface area contributed by atoms with E-state index < -0.39 is 0 Å². The van der Waals surface area contributed by atoms with E-state index in [1.54, 1.807) is 17.4 Å². The third kappa shape index (κ3) is 4.87. The molecule has 0 atom stereocenters. The molecule has 1 amide bonds. The van der Waals surface area contributed by atoms with Crippen LogP contribution in [0.1, 0.15) is 42.5 Å². The number of halogens is 1.